The minimum Gasteiger partial charge on any atom is -0.315 e. The number of thiazole rings is 1. The van der Waals surface area contributed by atoms with Gasteiger partial charge in [0.1, 0.15) is 4.21 Å². The Hall–Kier alpha value is -0.800. The van der Waals surface area contributed by atoms with E-state index in [9.17, 15) is 8.42 Å². The van der Waals surface area contributed by atoms with Crippen LogP contribution in [0.5, 0.6) is 0 Å². The van der Waals surface area contributed by atoms with Gasteiger partial charge in [-0.2, -0.15) is 4.31 Å². The molecule has 0 spiro atoms. The second-order valence-electron chi connectivity index (χ2n) is 5.04. The Morgan fingerprint density at radius 2 is 2.24 bits per heavy atom. The minimum atomic E-state index is -3.42. The maximum absolute atomic E-state index is 12.7. The molecule has 2 aromatic heterocycles. The van der Waals surface area contributed by atoms with E-state index in [2.05, 4.69) is 10.3 Å². The van der Waals surface area contributed by atoms with Crippen molar-refractivity contribution in [3.05, 3.63) is 22.5 Å². The summed E-state index contributed by atoms with van der Waals surface area (Å²) in [4.78, 5) is 5.31. The molecule has 2 aromatic rings. The van der Waals surface area contributed by atoms with Gasteiger partial charge in [-0.05, 0) is 32.0 Å². The molecule has 1 unspecified atom stereocenters. The maximum Gasteiger partial charge on any atom is 0.252 e. The number of aromatic nitrogens is 1. The average molecular weight is 343 g/mol. The fourth-order valence-corrected chi connectivity index (χ4v) is 5.89. The summed E-state index contributed by atoms with van der Waals surface area (Å²) in [5, 5.41) is 6.14. The molecule has 3 heterocycles. The standard InChI is InChI=1S/C13H17N3O2S3/c1-9-15-11(8-19-9)12-3-4-13(20-12)21(17,18)16(2)10-5-6-14-7-10/h3-4,8,10,14H,5-7H2,1-2H3. The lowest BCUT2D eigenvalue weighted by molar-refractivity contribution is 0.389. The summed E-state index contributed by atoms with van der Waals surface area (Å²) in [5.74, 6) is 0. The van der Waals surface area contributed by atoms with Crippen LogP contribution in [0.4, 0.5) is 0 Å². The summed E-state index contributed by atoms with van der Waals surface area (Å²) < 4.78 is 27.2. The summed E-state index contributed by atoms with van der Waals surface area (Å²) in [5.41, 5.74) is 0.856. The molecule has 1 aliphatic rings. The third kappa shape index (κ3) is 2.91. The first-order valence-electron chi connectivity index (χ1n) is 6.69. The lowest BCUT2D eigenvalue weighted by atomic mass is 10.3. The van der Waals surface area contributed by atoms with Crippen molar-refractivity contribution in [2.24, 2.45) is 0 Å². The molecule has 1 saturated heterocycles. The summed E-state index contributed by atoms with van der Waals surface area (Å²) in [6, 6.07) is 3.57. The Morgan fingerprint density at radius 3 is 2.86 bits per heavy atom. The van der Waals surface area contributed by atoms with Gasteiger partial charge in [0.2, 0.25) is 0 Å². The first-order valence-corrected chi connectivity index (χ1v) is 9.83. The average Bonchev–Trinajstić information content (AvgIpc) is 3.18. The van der Waals surface area contributed by atoms with Crippen LogP contribution >= 0.6 is 22.7 Å². The van der Waals surface area contributed by atoms with Gasteiger partial charge in [-0.1, -0.05) is 0 Å². The number of nitrogens with zero attached hydrogens (tertiary/aromatic N) is 2. The molecule has 0 radical (unpaired) electrons. The Balaban J connectivity index is 1.87. The summed E-state index contributed by atoms with van der Waals surface area (Å²) in [6.45, 7) is 3.54. The zero-order chi connectivity index (χ0) is 15.0. The van der Waals surface area contributed by atoms with Gasteiger partial charge in [0.05, 0.1) is 15.6 Å². The zero-order valence-corrected chi connectivity index (χ0v) is 14.3. The molecule has 0 aromatic carbocycles. The number of hydrogen-bond acceptors (Lipinski definition) is 6. The molecule has 8 heteroatoms. The second kappa shape index (κ2) is 5.77. The van der Waals surface area contributed by atoms with Crippen LogP contribution in [-0.2, 0) is 10.0 Å². The third-order valence-corrected chi connectivity index (χ3v) is 7.89. The SMILES string of the molecule is Cc1nc(-c2ccc(S(=O)(=O)N(C)C3CCNC3)s2)cs1. The molecular formula is C13H17N3O2S3. The highest BCUT2D eigenvalue weighted by Gasteiger charge is 2.31. The minimum absolute atomic E-state index is 0.0436. The lowest BCUT2D eigenvalue weighted by Gasteiger charge is -2.22. The van der Waals surface area contributed by atoms with Crippen molar-refractivity contribution in [1.82, 2.24) is 14.6 Å². The molecule has 1 N–H and O–H groups in total. The van der Waals surface area contributed by atoms with Crippen LogP contribution < -0.4 is 5.32 Å². The Bertz CT molecular complexity index is 729. The first kappa shape index (κ1) is 15.1. The Morgan fingerprint density at radius 1 is 1.43 bits per heavy atom. The van der Waals surface area contributed by atoms with Crippen LogP contribution in [0.15, 0.2) is 21.7 Å². The van der Waals surface area contributed by atoms with Gasteiger partial charge in [-0.3, -0.25) is 0 Å². The van der Waals surface area contributed by atoms with Gasteiger partial charge in [0, 0.05) is 25.0 Å². The van der Waals surface area contributed by atoms with E-state index in [-0.39, 0.29) is 6.04 Å². The monoisotopic (exact) mass is 343 g/mol. The lowest BCUT2D eigenvalue weighted by Crippen LogP contribution is -2.37. The van der Waals surface area contributed by atoms with Crippen molar-refractivity contribution in [2.45, 2.75) is 23.6 Å². The van der Waals surface area contributed by atoms with Crippen molar-refractivity contribution in [2.75, 3.05) is 20.1 Å². The number of hydrogen-bond donors (Lipinski definition) is 1. The molecule has 0 aliphatic carbocycles. The molecule has 5 nitrogen and oxygen atoms in total. The number of likely N-dealkylation sites (N-methyl/N-ethyl adjacent to an activating group) is 1. The van der Waals surface area contributed by atoms with Crippen LogP contribution in [0.2, 0.25) is 0 Å². The highest BCUT2D eigenvalue weighted by Crippen LogP contribution is 2.33. The van der Waals surface area contributed by atoms with E-state index in [1.54, 1.807) is 24.5 Å². The Kier molecular flexibility index (Phi) is 4.15. The van der Waals surface area contributed by atoms with E-state index in [0.29, 0.717) is 4.21 Å². The second-order valence-corrected chi connectivity index (χ2v) is 9.41. The number of sulfonamides is 1. The topological polar surface area (TPSA) is 62.3 Å². The summed E-state index contributed by atoms with van der Waals surface area (Å²) in [7, 11) is -1.75. The van der Waals surface area contributed by atoms with Crippen molar-refractivity contribution in [3.63, 3.8) is 0 Å². The van der Waals surface area contributed by atoms with Crippen LogP contribution in [0.3, 0.4) is 0 Å². The molecule has 0 bridgehead atoms. The van der Waals surface area contributed by atoms with Crippen LogP contribution in [0.1, 0.15) is 11.4 Å². The van der Waals surface area contributed by atoms with E-state index >= 15 is 0 Å². The maximum atomic E-state index is 12.7. The number of nitrogens with one attached hydrogen (secondary N) is 1. The van der Waals surface area contributed by atoms with E-state index in [1.807, 2.05) is 18.4 Å². The molecule has 1 fully saturated rings. The molecular weight excluding hydrogens is 326 g/mol. The molecule has 1 aliphatic heterocycles. The predicted molar refractivity (Wildman–Crippen MR) is 86.4 cm³/mol. The van der Waals surface area contributed by atoms with Gasteiger partial charge in [0.25, 0.3) is 10.0 Å². The van der Waals surface area contributed by atoms with Crippen molar-refractivity contribution in [1.29, 1.82) is 0 Å². The van der Waals surface area contributed by atoms with Gasteiger partial charge < -0.3 is 5.32 Å². The zero-order valence-electron chi connectivity index (χ0n) is 11.9. The normalized spacial score (nSPS) is 19.5. The largest absolute Gasteiger partial charge is 0.315 e. The van der Waals surface area contributed by atoms with E-state index in [4.69, 9.17) is 0 Å². The van der Waals surface area contributed by atoms with Crippen molar-refractivity contribution >= 4 is 32.7 Å². The van der Waals surface area contributed by atoms with E-state index in [0.717, 1.165) is 35.1 Å². The fraction of sp³-hybridized carbons (Fsp3) is 0.462. The van der Waals surface area contributed by atoms with Gasteiger partial charge in [0.15, 0.2) is 0 Å². The summed E-state index contributed by atoms with van der Waals surface area (Å²) in [6.07, 6.45) is 0.860. The van der Waals surface area contributed by atoms with Gasteiger partial charge in [-0.25, -0.2) is 13.4 Å². The van der Waals surface area contributed by atoms with Crippen molar-refractivity contribution in [3.8, 4) is 10.6 Å². The number of rotatable bonds is 4. The van der Waals surface area contributed by atoms with Gasteiger partial charge >= 0.3 is 0 Å². The molecule has 114 valence electrons. The number of thiophene rings is 1. The highest BCUT2D eigenvalue weighted by atomic mass is 32.2. The third-order valence-electron chi connectivity index (χ3n) is 3.63. The predicted octanol–water partition coefficient (Wildman–Crippen LogP) is 2.16. The summed E-state index contributed by atoms with van der Waals surface area (Å²) >= 11 is 2.86. The van der Waals surface area contributed by atoms with E-state index < -0.39 is 10.0 Å². The molecule has 1 atom stereocenters. The first-order chi connectivity index (χ1) is 9.98. The molecule has 21 heavy (non-hydrogen) atoms. The molecule has 0 saturated carbocycles. The Labute approximate surface area is 132 Å². The quantitative estimate of drug-likeness (QED) is 0.924. The highest BCUT2D eigenvalue weighted by molar-refractivity contribution is 7.91. The van der Waals surface area contributed by atoms with Gasteiger partial charge in [-0.15, -0.1) is 22.7 Å². The van der Waals surface area contributed by atoms with Crippen molar-refractivity contribution < 1.29 is 8.42 Å². The van der Waals surface area contributed by atoms with Crippen LogP contribution in [0.25, 0.3) is 10.6 Å². The molecule has 0 amide bonds. The van der Waals surface area contributed by atoms with Crippen LogP contribution in [0, 0.1) is 6.92 Å². The van der Waals surface area contributed by atoms with E-state index in [1.165, 1.54) is 15.6 Å². The molecule has 3 rings (SSSR count). The smallest absolute Gasteiger partial charge is 0.252 e. The van der Waals surface area contributed by atoms with Crippen LogP contribution in [-0.4, -0.2) is 43.9 Å². The number of aryl methyl sites for hydroxylation is 1. The fourth-order valence-electron chi connectivity index (χ4n) is 2.36.